The Morgan fingerprint density at radius 3 is 3.00 bits per heavy atom. The molecule has 2 rings (SSSR count). The molecule has 0 aromatic rings. The molecule has 1 atom stereocenters. The molecule has 0 saturated carbocycles. The Bertz CT molecular complexity index is 278. The molecule has 1 unspecified atom stereocenters. The Morgan fingerprint density at radius 1 is 1.53 bits per heavy atom. The van der Waals surface area contributed by atoms with Crippen LogP contribution in [0.4, 0.5) is 0 Å². The quantitative estimate of drug-likeness (QED) is 0.852. The van der Waals surface area contributed by atoms with Gasteiger partial charge in [-0.2, -0.15) is 11.8 Å². The van der Waals surface area contributed by atoms with Crippen LogP contribution in [0.1, 0.15) is 19.8 Å². The Labute approximate surface area is 113 Å². The van der Waals surface area contributed by atoms with Gasteiger partial charge >= 0.3 is 0 Å². The van der Waals surface area contributed by atoms with Crippen LogP contribution >= 0.6 is 23.5 Å². The lowest BCUT2D eigenvalue weighted by molar-refractivity contribution is 0.0555. The molecule has 1 spiro atoms. The minimum atomic E-state index is 0.282. The standard InChI is InChI=1S/C12H22N2OS2/c1-10(8-16-2)7-13-11-14-12(9-17-11)3-5-15-6-4-12/h10H,3-9H2,1-2H3,(H,13,14). The summed E-state index contributed by atoms with van der Waals surface area (Å²) in [6.07, 6.45) is 4.40. The van der Waals surface area contributed by atoms with Gasteiger partial charge in [0, 0.05) is 25.5 Å². The molecule has 0 aliphatic carbocycles. The molecule has 0 amide bonds. The smallest absolute Gasteiger partial charge is 0.157 e. The molecule has 0 bridgehead atoms. The third-order valence-electron chi connectivity index (χ3n) is 3.30. The number of nitrogens with one attached hydrogen (secondary N) is 1. The van der Waals surface area contributed by atoms with E-state index in [1.54, 1.807) is 0 Å². The summed E-state index contributed by atoms with van der Waals surface area (Å²) in [5.74, 6) is 3.03. The second-order valence-electron chi connectivity index (χ2n) is 5.01. The van der Waals surface area contributed by atoms with E-state index in [-0.39, 0.29) is 5.54 Å². The van der Waals surface area contributed by atoms with Gasteiger partial charge in [-0.3, -0.25) is 4.99 Å². The molecular formula is C12H22N2OS2. The van der Waals surface area contributed by atoms with Gasteiger partial charge in [-0.15, -0.1) is 0 Å². The average molecular weight is 274 g/mol. The molecule has 98 valence electrons. The van der Waals surface area contributed by atoms with Crippen molar-refractivity contribution in [1.29, 1.82) is 0 Å². The van der Waals surface area contributed by atoms with Crippen LogP contribution < -0.4 is 5.32 Å². The molecule has 0 aromatic carbocycles. The van der Waals surface area contributed by atoms with Gasteiger partial charge in [0.1, 0.15) is 0 Å². The van der Waals surface area contributed by atoms with Gasteiger partial charge in [-0.05, 0) is 30.8 Å². The Hall–Kier alpha value is 0.130. The highest BCUT2D eigenvalue weighted by atomic mass is 32.2. The zero-order chi connectivity index (χ0) is 12.1. The van der Waals surface area contributed by atoms with Gasteiger partial charge in [0.25, 0.3) is 0 Å². The van der Waals surface area contributed by atoms with E-state index in [0.717, 1.165) is 43.5 Å². The number of hydrogen-bond acceptors (Lipinski definition) is 4. The minimum absolute atomic E-state index is 0.282. The highest BCUT2D eigenvalue weighted by Gasteiger charge is 2.38. The topological polar surface area (TPSA) is 33.6 Å². The van der Waals surface area contributed by atoms with Crippen molar-refractivity contribution in [2.24, 2.45) is 10.9 Å². The van der Waals surface area contributed by atoms with Gasteiger partial charge in [0.15, 0.2) is 5.17 Å². The first-order chi connectivity index (χ1) is 8.24. The molecule has 2 aliphatic heterocycles. The summed E-state index contributed by atoms with van der Waals surface area (Å²) in [4.78, 5) is 4.71. The third-order valence-corrected chi connectivity index (χ3v) is 5.41. The summed E-state index contributed by atoms with van der Waals surface area (Å²) in [5, 5.41) is 4.78. The van der Waals surface area contributed by atoms with Crippen LogP contribution in [0, 0.1) is 5.92 Å². The monoisotopic (exact) mass is 274 g/mol. The molecule has 0 radical (unpaired) electrons. The van der Waals surface area contributed by atoms with E-state index in [2.05, 4.69) is 18.5 Å². The second-order valence-corrected chi connectivity index (χ2v) is 6.89. The first-order valence-corrected chi connectivity index (χ1v) is 8.64. The number of rotatable bonds is 4. The maximum Gasteiger partial charge on any atom is 0.157 e. The van der Waals surface area contributed by atoms with Crippen molar-refractivity contribution < 1.29 is 4.74 Å². The van der Waals surface area contributed by atoms with Crippen LogP contribution in [-0.4, -0.2) is 48.2 Å². The zero-order valence-electron chi connectivity index (χ0n) is 10.7. The molecule has 2 saturated heterocycles. The molecule has 17 heavy (non-hydrogen) atoms. The Kier molecular flexibility index (Phi) is 5.06. The first-order valence-electron chi connectivity index (χ1n) is 6.26. The van der Waals surface area contributed by atoms with Crippen LogP contribution in [0.15, 0.2) is 4.99 Å². The van der Waals surface area contributed by atoms with E-state index in [0.29, 0.717) is 5.92 Å². The van der Waals surface area contributed by atoms with Crippen LogP contribution in [0.25, 0.3) is 0 Å². The Morgan fingerprint density at radius 2 is 2.29 bits per heavy atom. The summed E-state index contributed by atoms with van der Waals surface area (Å²) in [5.41, 5.74) is 0.282. The number of ether oxygens (including phenoxy) is 1. The van der Waals surface area contributed by atoms with E-state index < -0.39 is 0 Å². The summed E-state index contributed by atoms with van der Waals surface area (Å²) >= 11 is 3.79. The van der Waals surface area contributed by atoms with Crippen molar-refractivity contribution in [2.75, 3.05) is 37.5 Å². The molecule has 2 heterocycles. The van der Waals surface area contributed by atoms with Gasteiger partial charge in [0.2, 0.25) is 0 Å². The SMILES string of the molecule is CSCC(C)CN=C1NC2(CCOCC2)CS1. The maximum absolute atomic E-state index is 5.43. The number of hydrogen-bond donors (Lipinski definition) is 1. The predicted octanol–water partition coefficient (Wildman–Crippen LogP) is 2.23. The second kappa shape index (κ2) is 6.34. The molecular weight excluding hydrogens is 252 g/mol. The summed E-state index contributed by atoms with van der Waals surface area (Å²) in [7, 11) is 0. The lowest BCUT2D eigenvalue weighted by Crippen LogP contribution is -2.48. The normalized spacial score (nSPS) is 27.3. The minimum Gasteiger partial charge on any atom is -0.381 e. The van der Waals surface area contributed by atoms with Crippen molar-refractivity contribution in [1.82, 2.24) is 5.32 Å². The Balaban J connectivity index is 1.82. The molecule has 1 N–H and O–H groups in total. The molecule has 2 fully saturated rings. The molecule has 5 heteroatoms. The average Bonchev–Trinajstić information content (AvgIpc) is 2.71. The zero-order valence-corrected chi connectivity index (χ0v) is 12.3. The van der Waals surface area contributed by atoms with Crippen molar-refractivity contribution >= 4 is 28.7 Å². The van der Waals surface area contributed by atoms with Gasteiger partial charge in [-0.25, -0.2) is 0 Å². The molecule has 2 aliphatic rings. The van der Waals surface area contributed by atoms with Crippen molar-refractivity contribution in [3.8, 4) is 0 Å². The number of thioether (sulfide) groups is 2. The van der Waals surface area contributed by atoms with Crippen LogP contribution in [0.5, 0.6) is 0 Å². The van der Waals surface area contributed by atoms with Gasteiger partial charge < -0.3 is 10.1 Å². The van der Waals surface area contributed by atoms with Crippen LogP contribution in [0.2, 0.25) is 0 Å². The fourth-order valence-corrected chi connectivity index (χ4v) is 4.10. The first kappa shape index (κ1) is 13.6. The summed E-state index contributed by atoms with van der Waals surface area (Å²) < 4.78 is 5.43. The number of amidine groups is 1. The summed E-state index contributed by atoms with van der Waals surface area (Å²) in [6.45, 7) is 5.00. The highest BCUT2D eigenvalue weighted by molar-refractivity contribution is 8.14. The van der Waals surface area contributed by atoms with E-state index in [1.165, 1.54) is 5.75 Å². The van der Waals surface area contributed by atoms with Crippen LogP contribution in [0.3, 0.4) is 0 Å². The maximum atomic E-state index is 5.43. The van der Waals surface area contributed by atoms with E-state index in [4.69, 9.17) is 9.73 Å². The molecule has 3 nitrogen and oxygen atoms in total. The summed E-state index contributed by atoms with van der Waals surface area (Å²) in [6, 6.07) is 0. The van der Waals surface area contributed by atoms with E-state index in [9.17, 15) is 0 Å². The van der Waals surface area contributed by atoms with Crippen molar-refractivity contribution in [3.63, 3.8) is 0 Å². The molecule has 0 aromatic heterocycles. The van der Waals surface area contributed by atoms with E-state index in [1.807, 2.05) is 23.5 Å². The number of nitrogens with zero attached hydrogens (tertiary/aromatic N) is 1. The third kappa shape index (κ3) is 3.80. The lowest BCUT2D eigenvalue weighted by Gasteiger charge is -2.32. The lowest BCUT2D eigenvalue weighted by atomic mass is 9.93. The van der Waals surface area contributed by atoms with Crippen molar-refractivity contribution in [3.05, 3.63) is 0 Å². The van der Waals surface area contributed by atoms with E-state index >= 15 is 0 Å². The largest absolute Gasteiger partial charge is 0.381 e. The van der Waals surface area contributed by atoms with Crippen LogP contribution in [-0.2, 0) is 4.74 Å². The van der Waals surface area contributed by atoms with Gasteiger partial charge in [-0.1, -0.05) is 18.7 Å². The predicted molar refractivity (Wildman–Crippen MR) is 78.2 cm³/mol. The van der Waals surface area contributed by atoms with Gasteiger partial charge in [0.05, 0.1) is 5.54 Å². The highest BCUT2D eigenvalue weighted by Crippen LogP contribution is 2.31. The number of aliphatic imine (C=N–C) groups is 1. The fraction of sp³-hybridized carbons (Fsp3) is 0.917. The van der Waals surface area contributed by atoms with Crippen molar-refractivity contribution in [2.45, 2.75) is 25.3 Å². The fourth-order valence-electron chi connectivity index (χ4n) is 2.20.